The quantitative estimate of drug-likeness (QED) is 0.921. The number of hydrogen-bond acceptors (Lipinski definition) is 2. The third kappa shape index (κ3) is 2.65. The second kappa shape index (κ2) is 5.08. The summed E-state index contributed by atoms with van der Waals surface area (Å²) in [6.45, 7) is 0.428. The summed E-state index contributed by atoms with van der Waals surface area (Å²) in [5.74, 6) is 0.550. The fraction of sp³-hybridized carbons (Fsp3) is 0.250. The molecule has 0 amide bonds. The molecule has 2 aromatic rings. The third-order valence-electron chi connectivity index (χ3n) is 3.59. The minimum absolute atomic E-state index is 0.338. The molecule has 0 bridgehead atoms. The van der Waals surface area contributed by atoms with Gasteiger partial charge in [0.25, 0.3) is 0 Å². The van der Waals surface area contributed by atoms with E-state index in [2.05, 4.69) is 0 Å². The lowest BCUT2D eigenvalue weighted by atomic mass is 9.84. The van der Waals surface area contributed by atoms with Crippen LogP contribution >= 0.6 is 11.6 Å². The molecular weight excluding hydrogens is 277 g/mol. The predicted molar refractivity (Wildman–Crippen MR) is 77.7 cm³/mol. The van der Waals surface area contributed by atoms with Crippen molar-refractivity contribution in [2.45, 2.75) is 18.4 Å². The Hall–Kier alpha value is -1.58. The lowest BCUT2D eigenvalue weighted by molar-refractivity contribution is 0.190. The molecule has 0 saturated heterocycles. The minimum Gasteiger partial charge on any atom is -0.491 e. The zero-order valence-corrected chi connectivity index (χ0v) is 11.7. The van der Waals surface area contributed by atoms with Crippen LogP contribution < -0.4 is 10.5 Å². The summed E-state index contributed by atoms with van der Waals surface area (Å²) in [5, 5.41) is 0.411. The molecule has 3 rings (SSSR count). The van der Waals surface area contributed by atoms with Crippen LogP contribution in [0.1, 0.15) is 11.1 Å². The molecular formula is C16H15ClFNO. The van der Waals surface area contributed by atoms with Crippen molar-refractivity contribution in [2.24, 2.45) is 5.73 Å². The normalized spacial score (nSPS) is 21.1. The Morgan fingerprint density at radius 3 is 2.85 bits per heavy atom. The minimum atomic E-state index is -0.518. The molecule has 0 aromatic heterocycles. The Bertz CT molecular complexity index is 646. The van der Waals surface area contributed by atoms with Gasteiger partial charge in [0.1, 0.15) is 18.2 Å². The number of rotatable bonds is 2. The monoisotopic (exact) mass is 291 g/mol. The molecule has 1 unspecified atom stereocenters. The van der Waals surface area contributed by atoms with Gasteiger partial charge in [0, 0.05) is 5.02 Å². The highest BCUT2D eigenvalue weighted by Crippen LogP contribution is 2.31. The average Bonchev–Trinajstić information content (AvgIpc) is 2.42. The molecule has 104 valence electrons. The van der Waals surface area contributed by atoms with Crippen molar-refractivity contribution in [2.75, 3.05) is 6.61 Å². The smallest absolute Gasteiger partial charge is 0.124 e. The molecule has 0 fully saturated rings. The first kappa shape index (κ1) is 13.4. The van der Waals surface area contributed by atoms with E-state index in [1.807, 2.05) is 24.3 Å². The van der Waals surface area contributed by atoms with Gasteiger partial charge in [-0.25, -0.2) is 4.39 Å². The number of ether oxygens (including phenoxy) is 1. The van der Waals surface area contributed by atoms with E-state index in [0.29, 0.717) is 18.1 Å². The molecule has 1 heterocycles. The maximum atomic E-state index is 13.1. The second-order valence-electron chi connectivity index (χ2n) is 5.35. The number of benzene rings is 2. The Morgan fingerprint density at radius 2 is 2.05 bits per heavy atom. The predicted octanol–water partition coefficient (Wildman–Crippen LogP) is 3.35. The highest BCUT2D eigenvalue weighted by molar-refractivity contribution is 6.31. The van der Waals surface area contributed by atoms with Gasteiger partial charge in [-0.1, -0.05) is 35.9 Å². The summed E-state index contributed by atoms with van der Waals surface area (Å²) in [5.41, 5.74) is 7.86. The van der Waals surface area contributed by atoms with Crippen LogP contribution in [-0.2, 0) is 12.8 Å². The van der Waals surface area contributed by atoms with Crippen LogP contribution in [0.4, 0.5) is 4.39 Å². The van der Waals surface area contributed by atoms with Gasteiger partial charge in [-0.15, -0.1) is 0 Å². The molecule has 2 N–H and O–H groups in total. The van der Waals surface area contributed by atoms with Gasteiger partial charge >= 0.3 is 0 Å². The first-order chi connectivity index (χ1) is 9.56. The number of hydrogen-bond donors (Lipinski definition) is 1. The fourth-order valence-corrected chi connectivity index (χ4v) is 2.83. The molecule has 0 aliphatic carbocycles. The number of para-hydroxylation sites is 1. The van der Waals surface area contributed by atoms with Gasteiger partial charge in [0.05, 0.1) is 5.54 Å². The summed E-state index contributed by atoms with van der Waals surface area (Å²) < 4.78 is 18.8. The van der Waals surface area contributed by atoms with Crippen molar-refractivity contribution in [3.63, 3.8) is 0 Å². The Morgan fingerprint density at radius 1 is 1.25 bits per heavy atom. The van der Waals surface area contributed by atoms with Crippen molar-refractivity contribution in [3.05, 3.63) is 64.4 Å². The number of nitrogens with two attached hydrogens (primary N) is 1. The zero-order chi connectivity index (χ0) is 14.2. The van der Waals surface area contributed by atoms with Crippen LogP contribution in [0.3, 0.4) is 0 Å². The maximum Gasteiger partial charge on any atom is 0.124 e. The first-order valence-corrected chi connectivity index (χ1v) is 6.87. The van der Waals surface area contributed by atoms with Crippen molar-refractivity contribution >= 4 is 11.6 Å². The lowest BCUT2D eigenvalue weighted by Crippen LogP contribution is -2.51. The van der Waals surface area contributed by atoms with Crippen molar-refractivity contribution in [3.8, 4) is 5.75 Å². The molecule has 20 heavy (non-hydrogen) atoms. The lowest BCUT2D eigenvalue weighted by Gasteiger charge is -2.35. The molecule has 0 spiro atoms. The zero-order valence-electron chi connectivity index (χ0n) is 10.9. The van der Waals surface area contributed by atoms with Crippen LogP contribution in [0, 0.1) is 5.82 Å². The van der Waals surface area contributed by atoms with Crippen LogP contribution in [0.5, 0.6) is 5.75 Å². The Labute approximate surface area is 122 Å². The van der Waals surface area contributed by atoms with E-state index in [-0.39, 0.29) is 5.82 Å². The summed E-state index contributed by atoms with van der Waals surface area (Å²) in [6, 6.07) is 12.3. The van der Waals surface area contributed by atoms with Gasteiger partial charge in [-0.05, 0) is 42.2 Å². The van der Waals surface area contributed by atoms with Gasteiger partial charge in [0.15, 0.2) is 0 Å². The molecule has 1 aliphatic heterocycles. The van der Waals surface area contributed by atoms with Gasteiger partial charge in [-0.2, -0.15) is 0 Å². The molecule has 1 aliphatic rings. The van der Waals surface area contributed by atoms with E-state index in [0.717, 1.165) is 23.3 Å². The average molecular weight is 292 g/mol. The highest BCUT2D eigenvalue weighted by Gasteiger charge is 2.32. The highest BCUT2D eigenvalue weighted by atomic mass is 35.5. The third-order valence-corrected chi connectivity index (χ3v) is 3.94. The molecule has 2 aromatic carbocycles. The van der Waals surface area contributed by atoms with Crippen LogP contribution in [0.2, 0.25) is 5.02 Å². The van der Waals surface area contributed by atoms with E-state index in [1.54, 1.807) is 6.07 Å². The molecule has 0 saturated carbocycles. The largest absolute Gasteiger partial charge is 0.491 e. The molecule has 1 atom stereocenters. The van der Waals surface area contributed by atoms with Crippen LogP contribution in [-0.4, -0.2) is 12.1 Å². The van der Waals surface area contributed by atoms with Gasteiger partial charge < -0.3 is 10.5 Å². The Kier molecular flexibility index (Phi) is 3.40. The summed E-state index contributed by atoms with van der Waals surface area (Å²) >= 11 is 6.07. The SMILES string of the molecule is NC1(Cc2ccc(F)cc2Cl)COc2ccccc2C1. The van der Waals surface area contributed by atoms with E-state index in [4.69, 9.17) is 22.1 Å². The Balaban J connectivity index is 1.84. The standard InChI is InChI=1S/C16H15ClFNO/c17-14-7-13(18)6-5-11(14)8-16(19)9-12-3-1-2-4-15(12)20-10-16/h1-7H,8-10,19H2. The molecule has 2 nitrogen and oxygen atoms in total. The van der Waals surface area contributed by atoms with Crippen molar-refractivity contribution in [1.29, 1.82) is 0 Å². The summed E-state index contributed by atoms with van der Waals surface area (Å²) in [7, 11) is 0. The summed E-state index contributed by atoms with van der Waals surface area (Å²) in [4.78, 5) is 0. The van der Waals surface area contributed by atoms with E-state index >= 15 is 0 Å². The van der Waals surface area contributed by atoms with Crippen LogP contribution in [0.15, 0.2) is 42.5 Å². The van der Waals surface area contributed by atoms with E-state index < -0.39 is 5.54 Å². The van der Waals surface area contributed by atoms with Crippen LogP contribution in [0.25, 0.3) is 0 Å². The molecule has 0 radical (unpaired) electrons. The maximum absolute atomic E-state index is 13.1. The summed E-state index contributed by atoms with van der Waals surface area (Å²) in [6.07, 6.45) is 1.28. The van der Waals surface area contributed by atoms with Gasteiger partial charge in [-0.3, -0.25) is 0 Å². The van der Waals surface area contributed by atoms with Crippen molar-refractivity contribution < 1.29 is 9.13 Å². The topological polar surface area (TPSA) is 35.2 Å². The molecule has 4 heteroatoms. The number of fused-ring (bicyclic) bond motifs is 1. The first-order valence-electron chi connectivity index (χ1n) is 6.49. The van der Waals surface area contributed by atoms with Crippen molar-refractivity contribution in [1.82, 2.24) is 0 Å². The fourth-order valence-electron chi connectivity index (χ4n) is 2.60. The van der Waals surface area contributed by atoms with E-state index in [1.165, 1.54) is 12.1 Å². The second-order valence-corrected chi connectivity index (χ2v) is 5.76. The van der Waals surface area contributed by atoms with E-state index in [9.17, 15) is 4.39 Å². The van der Waals surface area contributed by atoms with Gasteiger partial charge in [0.2, 0.25) is 0 Å². The number of halogens is 2.